The molecule has 0 saturated carbocycles. The number of hydrogen-bond donors (Lipinski definition) is 1. The van der Waals surface area contributed by atoms with E-state index in [1.54, 1.807) is 0 Å². The van der Waals surface area contributed by atoms with Crippen LogP contribution in [0.2, 0.25) is 0 Å². The lowest BCUT2D eigenvalue weighted by atomic mass is 10.1. The summed E-state index contributed by atoms with van der Waals surface area (Å²) < 4.78 is 17.4. The number of aryl methyl sites for hydroxylation is 1. The number of unbranched alkanes of at least 4 members (excludes halogenated alkanes) is 3. The Morgan fingerprint density at radius 1 is 0.970 bits per heavy atom. The van der Waals surface area contributed by atoms with Gasteiger partial charge in [-0.05, 0) is 37.8 Å². The number of rotatable bonds is 11. The van der Waals surface area contributed by atoms with Gasteiger partial charge in [0.2, 0.25) is 5.88 Å². The smallest absolute Gasteiger partial charge is 0.239 e. The van der Waals surface area contributed by atoms with Crippen molar-refractivity contribution < 1.29 is 19.3 Å². The van der Waals surface area contributed by atoms with Gasteiger partial charge >= 0.3 is 0 Å². The zero-order chi connectivity index (χ0) is 22.9. The first-order valence-corrected chi connectivity index (χ1v) is 11.8. The van der Waals surface area contributed by atoms with Crippen LogP contribution < -0.4 is 9.64 Å². The average molecular weight is 452 g/mol. The van der Waals surface area contributed by atoms with Gasteiger partial charge in [0.25, 0.3) is 0 Å². The monoisotopic (exact) mass is 451 g/mol. The predicted molar refractivity (Wildman–Crippen MR) is 129 cm³/mol. The van der Waals surface area contributed by atoms with Gasteiger partial charge in [-0.2, -0.15) is 5.10 Å². The molecule has 0 aliphatic carbocycles. The second-order valence-corrected chi connectivity index (χ2v) is 8.38. The molecule has 4 rings (SSSR count). The molecule has 0 unspecified atom stereocenters. The molecule has 1 aliphatic heterocycles. The van der Waals surface area contributed by atoms with E-state index in [9.17, 15) is 5.11 Å². The first kappa shape index (κ1) is 23.3. The summed E-state index contributed by atoms with van der Waals surface area (Å²) in [6, 6.07) is 14.3. The van der Waals surface area contributed by atoms with Gasteiger partial charge in [-0.15, -0.1) is 5.10 Å². The molecule has 0 spiro atoms. The molecule has 33 heavy (non-hydrogen) atoms. The number of anilines is 1. The van der Waals surface area contributed by atoms with Gasteiger partial charge in [0.15, 0.2) is 0 Å². The summed E-state index contributed by atoms with van der Waals surface area (Å²) in [5, 5.41) is 19.8. The number of nitrogens with zero attached hydrogens (tertiary/aromatic N) is 3. The molecule has 1 fully saturated rings. The van der Waals surface area contributed by atoms with E-state index in [1.165, 1.54) is 5.56 Å². The third-order valence-electron chi connectivity index (χ3n) is 5.91. The van der Waals surface area contributed by atoms with Crippen LogP contribution in [0.4, 0.5) is 5.69 Å². The lowest BCUT2D eigenvalue weighted by Gasteiger charge is -2.29. The fourth-order valence-corrected chi connectivity index (χ4v) is 4.10. The van der Waals surface area contributed by atoms with Crippen molar-refractivity contribution in [2.45, 2.75) is 39.2 Å². The molecule has 0 radical (unpaired) electrons. The van der Waals surface area contributed by atoms with Gasteiger partial charge in [-0.25, -0.2) is 0 Å². The normalized spacial score (nSPS) is 14.0. The number of ether oxygens (including phenoxy) is 3. The van der Waals surface area contributed by atoms with Crippen LogP contribution in [0.3, 0.4) is 0 Å². The molecule has 1 aliphatic rings. The summed E-state index contributed by atoms with van der Waals surface area (Å²) >= 11 is 0. The summed E-state index contributed by atoms with van der Waals surface area (Å²) in [5.41, 5.74) is 2.98. The van der Waals surface area contributed by atoms with Crippen LogP contribution in [0, 0.1) is 6.92 Å². The molecule has 0 amide bonds. The molecular formula is C26H33N3O4. The van der Waals surface area contributed by atoms with Crippen molar-refractivity contribution in [3.05, 3.63) is 53.7 Å². The Kier molecular flexibility index (Phi) is 8.33. The maximum absolute atomic E-state index is 10.3. The predicted octanol–water partition coefficient (Wildman–Crippen LogP) is 4.64. The summed E-state index contributed by atoms with van der Waals surface area (Å²) in [4.78, 5) is 2.25. The van der Waals surface area contributed by atoms with Crippen molar-refractivity contribution in [1.29, 1.82) is 0 Å². The van der Waals surface area contributed by atoms with Gasteiger partial charge in [0, 0.05) is 31.5 Å². The molecule has 0 atom stereocenters. The fourth-order valence-electron chi connectivity index (χ4n) is 4.10. The van der Waals surface area contributed by atoms with Crippen molar-refractivity contribution in [3.8, 4) is 11.6 Å². The SMILES string of the molecule is Cc1nnc(O)c2cc(N3CCOCC3)cc(OCCCCCCOCc3ccccc3)c12. The molecule has 7 heteroatoms. The third-order valence-corrected chi connectivity index (χ3v) is 5.91. The maximum atomic E-state index is 10.3. The van der Waals surface area contributed by atoms with Gasteiger partial charge in [-0.3, -0.25) is 0 Å². The highest BCUT2D eigenvalue weighted by Crippen LogP contribution is 2.37. The van der Waals surface area contributed by atoms with Gasteiger partial charge in [0.05, 0.1) is 42.9 Å². The minimum atomic E-state index is -0.0638. The minimum Gasteiger partial charge on any atom is -0.493 e. The highest BCUT2D eigenvalue weighted by atomic mass is 16.5. The minimum absolute atomic E-state index is 0.0638. The van der Waals surface area contributed by atoms with Crippen LogP contribution in [0.15, 0.2) is 42.5 Å². The third kappa shape index (κ3) is 6.33. The Morgan fingerprint density at radius 3 is 2.52 bits per heavy atom. The van der Waals surface area contributed by atoms with Crippen molar-refractivity contribution in [2.24, 2.45) is 0 Å². The molecule has 7 nitrogen and oxygen atoms in total. The van der Waals surface area contributed by atoms with E-state index in [-0.39, 0.29) is 5.88 Å². The number of benzene rings is 2. The Morgan fingerprint density at radius 2 is 1.73 bits per heavy atom. The summed E-state index contributed by atoms with van der Waals surface area (Å²) in [7, 11) is 0. The zero-order valence-corrected chi connectivity index (χ0v) is 19.3. The van der Waals surface area contributed by atoms with Gasteiger partial charge in [-0.1, -0.05) is 36.8 Å². The van der Waals surface area contributed by atoms with Crippen molar-refractivity contribution in [3.63, 3.8) is 0 Å². The van der Waals surface area contributed by atoms with E-state index in [1.807, 2.05) is 31.2 Å². The summed E-state index contributed by atoms with van der Waals surface area (Å²) in [5.74, 6) is 0.689. The first-order chi connectivity index (χ1) is 16.2. The second-order valence-electron chi connectivity index (χ2n) is 8.38. The van der Waals surface area contributed by atoms with Crippen LogP contribution >= 0.6 is 0 Å². The number of fused-ring (bicyclic) bond motifs is 1. The highest BCUT2D eigenvalue weighted by molar-refractivity contribution is 5.96. The molecule has 1 saturated heterocycles. The topological polar surface area (TPSA) is 76.9 Å². The molecule has 1 N–H and O–H groups in total. The van der Waals surface area contributed by atoms with E-state index < -0.39 is 0 Å². The number of aromatic nitrogens is 2. The van der Waals surface area contributed by atoms with E-state index in [0.29, 0.717) is 31.8 Å². The molecule has 2 heterocycles. The summed E-state index contributed by atoms with van der Waals surface area (Å²) in [6.45, 7) is 6.99. The average Bonchev–Trinajstić information content (AvgIpc) is 2.86. The lowest BCUT2D eigenvalue weighted by molar-refractivity contribution is 0.116. The molecule has 3 aromatic rings. The molecule has 2 aromatic carbocycles. The largest absolute Gasteiger partial charge is 0.493 e. The van der Waals surface area contributed by atoms with Gasteiger partial charge in [0.1, 0.15) is 5.75 Å². The lowest BCUT2D eigenvalue weighted by Crippen LogP contribution is -2.36. The molecule has 1 aromatic heterocycles. The van der Waals surface area contributed by atoms with E-state index in [4.69, 9.17) is 14.2 Å². The van der Waals surface area contributed by atoms with Crippen LogP contribution in [-0.4, -0.2) is 54.8 Å². The highest BCUT2D eigenvalue weighted by Gasteiger charge is 2.18. The molecule has 176 valence electrons. The van der Waals surface area contributed by atoms with Crippen molar-refractivity contribution in [2.75, 3.05) is 44.4 Å². The first-order valence-electron chi connectivity index (χ1n) is 11.8. The van der Waals surface area contributed by atoms with Crippen LogP contribution in [0.5, 0.6) is 11.6 Å². The number of hydrogen-bond acceptors (Lipinski definition) is 7. The van der Waals surface area contributed by atoms with E-state index in [0.717, 1.165) is 67.9 Å². The second kappa shape index (κ2) is 11.8. The van der Waals surface area contributed by atoms with Crippen LogP contribution in [-0.2, 0) is 16.1 Å². The molecular weight excluding hydrogens is 418 g/mol. The Balaban J connectivity index is 1.28. The number of morpholine rings is 1. The zero-order valence-electron chi connectivity index (χ0n) is 19.3. The molecule has 0 bridgehead atoms. The standard InChI is InChI=1S/C26H33N3O4/c1-20-25-23(26(30)28-27-20)17-22(29-11-15-31-16-12-29)18-24(25)33-14-8-3-2-7-13-32-19-21-9-5-4-6-10-21/h4-6,9-10,17-18H,2-3,7-8,11-16,19H2,1H3,(H,28,30). The van der Waals surface area contributed by atoms with Crippen molar-refractivity contribution in [1.82, 2.24) is 10.2 Å². The van der Waals surface area contributed by atoms with Crippen LogP contribution in [0.1, 0.15) is 36.9 Å². The Hall–Kier alpha value is -2.90. The fraction of sp³-hybridized carbons (Fsp3) is 0.462. The van der Waals surface area contributed by atoms with E-state index >= 15 is 0 Å². The summed E-state index contributed by atoms with van der Waals surface area (Å²) in [6.07, 6.45) is 4.20. The number of aromatic hydroxyl groups is 1. The van der Waals surface area contributed by atoms with E-state index in [2.05, 4.69) is 33.3 Å². The maximum Gasteiger partial charge on any atom is 0.239 e. The van der Waals surface area contributed by atoms with Crippen LogP contribution in [0.25, 0.3) is 10.8 Å². The quantitative estimate of drug-likeness (QED) is 0.426. The Labute approximate surface area is 195 Å². The Bertz CT molecular complexity index is 1020. The van der Waals surface area contributed by atoms with Gasteiger partial charge < -0.3 is 24.2 Å². The van der Waals surface area contributed by atoms with Crippen molar-refractivity contribution >= 4 is 16.5 Å².